The molecule has 0 radical (unpaired) electrons. The van der Waals surface area contributed by atoms with Crippen molar-refractivity contribution in [1.82, 2.24) is 0 Å². The van der Waals surface area contributed by atoms with Crippen LogP contribution in [0.15, 0.2) is 12.1 Å². The number of aliphatic carboxylic acids is 1. The van der Waals surface area contributed by atoms with Crippen LogP contribution in [-0.4, -0.2) is 22.2 Å². The molecular formula is C10H8F2O4. The molecule has 0 aliphatic carbocycles. The molecular weight excluding hydrogens is 222 g/mol. The summed E-state index contributed by atoms with van der Waals surface area (Å²) in [6, 6.07) is 1.80. The SMILES string of the molecule is CC(C(=O)O)c1ccc(C(=O)O)c(F)c1F. The summed E-state index contributed by atoms with van der Waals surface area (Å²) in [7, 11) is 0. The first-order valence-corrected chi connectivity index (χ1v) is 4.30. The molecule has 1 unspecified atom stereocenters. The van der Waals surface area contributed by atoms with Crippen LogP contribution < -0.4 is 0 Å². The molecule has 1 aromatic rings. The molecule has 2 N–H and O–H groups in total. The van der Waals surface area contributed by atoms with Crippen molar-refractivity contribution in [1.29, 1.82) is 0 Å². The van der Waals surface area contributed by atoms with Crippen LogP contribution in [-0.2, 0) is 4.79 Å². The van der Waals surface area contributed by atoms with Crippen LogP contribution in [0.5, 0.6) is 0 Å². The second kappa shape index (κ2) is 4.26. The Hall–Kier alpha value is -1.98. The first-order valence-electron chi connectivity index (χ1n) is 4.30. The van der Waals surface area contributed by atoms with E-state index < -0.39 is 35.1 Å². The fraction of sp³-hybridized carbons (Fsp3) is 0.200. The molecule has 6 heteroatoms. The van der Waals surface area contributed by atoms with Gasteiger partial charge in [-0.05, 0) is 13.0 Å². The van der Waals surface area contributed by atoms with Crippen molar-refractivity contribution < 1.29 is 28.6 Å². The predicted octanol–water partition coefficient (Wildman–Crippen LogP) is 1.85. The van der Waals surface area contributed by atoms with Crippen molar-refractivity contribution >= 4 is 11.9 Å². The van der Waals surface area contributed by atoms with Crippen LogP contribution in [0.4, 0.5) is 8.78 Å². The Labute approximate surface area is 89.1 Å². The van der Waals surface area contributed by atoms with Crippen molar-refractivity contribution in [3.8, 4) is 0 Å². The second-order valence-corrected chi connectivity index (χ2v) is 3.20. The van der Waals surface area contributed by atoms with E-state index in [9.17, 15) is 18.4 Å². The molecule has 0 amide bonds. The Morgan fingerprint density at radius 3 is 2.19 bits per heavy atom. The van der Waals surface area contributed by atoms with Crippen LogP contribution in [0, 0.1) is 11.6 Å². The van der Waals surface area contributed by atoms with E-state index in [4.69, 9.17) is 10.2 Å². The van der Waals surface area contributed by atoms with Crippen molar-refractivity contribution in [2.75, 3.05) is 0 Å². The lowest BCUT2D eigenvalue weighted by Gasteiger charge is -2.09. The molecule has 4 nitrogen and oxygen atoms in total. The van der Waals surface area contributed by atoms with Gasteiger partial charge in [0.1, 0.15) is 0 Å². The summed E-state index contributed by atoms with van der Waals surface area (Å²) in [6.45, 7) is 1.18. The Morgan fingerprint density at radius 2 is 1.75 bits per heavy atom. The summed E-state index contributed by atoms with van der Waals surface area (Å²) >= 11 is 0. The first kappa shape index (κ1) is 12.1. The molecule has 0 fully saturated rings. The molecule has 1 rings (SSSR count). The molecule has 1 aromatic carbocycles. The number of halogens is 2. The molecule has 0 heterocycles. The summed E-state index contributed by atoms with van der Waals surface area (Å²) in [5, 5.41) is 17.1. The summed E-state index contributed by atoms with van der Waals surface area (Å²) in [4.78, 5) is 21.0. The van der Waals surface area contributed by atoms with E-state index in [1.54, 1.807) is 0 Å². The highest BCUT2D eigenvalue weighted by Crippen LogP contribution is 2.23. The fourth-order valence-electron chi connectivity index (χ4n) is 1.20. The van der Waals surface area contributed by atoms with Crippen molar-refractivity contribution in [3.05, 3.63) is 34.9 Å². The minimum Gasteiger partial charge on any atom is -0.481 e. The maximum atomic E-state index is 13.3. The van der Waals surface area contributed by atoms with E-state index in [1.807, 2.05) is 0 Å². The molecule has 86 valence electrons. The minimum atomic E-state index is -1.61. The van der Waals surface area contributed by atoms with E-state index in [0.717, 1.165) is 12.1 Å². The molecule has 0 aromatic heterocycles. The lowest BCUT2D eigenvalue weighted by atomic mass is 9.99. The Balaban J connectivity index is 3.32. The number of carboxylic acids is 2. The number of carboxylic acid groups (broad SMARTS) is 2. The van der Waals surface area contributed by atoms with Gasteiger partial charge in [0.05, 0.1) is 11.5 Å². The summed E-state index contributed by atoms with van der Waals surface area (Å²) in [6.07, 6.45) is 0. The van der Waals surface area contributed by atoms with E-state index in [0.29, 0.717) is 0 Å². The van der Waals surface area contributed by atoms with Crippen LogP contribution in [0.1, 0.15) is 28.8 Å². The first-order chi connectivity index (χ1) is 7.36. The van der Waals surface area contributed by atoms with Gasteiger partial charge in [-0.2, -0.15) is 0 Å². The second-order valence-electron chi connectivity index (χ2n) is 3.20. The number of carbonyl (C=O) groups is 2. The number of hydrogen-bond acceptors (Lipinski definition) is 2. The smallest absolute Gasteiger partial charge is 0.338 e. The lowest BCUT2D eigenvalue weighted by molar-refractivity contribution is -0.138. The van der Waals surface area contributed by atoms with Gasteiger partial charge in [-0.25, -0.2) is 13.6 Å². The molecule has 0 saturated heterocycles. The van der Waals surface area contributed by atoms with Gasteiger partial charge in [0.15, 0.2) is 11.6 Å². The maximum absolute atomic E-state index is 13.3. The minimum absolute atomic E-state index is 0.380. The van der Waals surface area contributed by atoms with Gasteiger partial charge in [0, 0.05) is 5.56 Å². The van der Waals surface area contributed by atoms with Crippen molar-refractivity contribution in [2.24, 2.45) is 0 Å². The quantitative estimate of drug-likeness (QED) is 0.830. The Bertz CT molecular complexity index is 456. The zero-order valence-electron chi connectivity index (χ0n) is 8.20. The van der Waals surface area contributed by atoms with Crippen LogP contribution in [0.2, 0.25) is 0 Å². The standard InChI is InChI=1S/C10H8F2O4/c1-4(9(13)14)5-2-3-6(10(15)16)8(12)7(5)11/h2-4H,1H3,(H,13,14)(H,15,16). The van der Waals surface area contributed by atoms with Crippen molar-refractivity contribution in [3.63, 3.8) is 0 Å². The van der Waals surface area contributed by atoms with E-state index >= 15 is 0 Å². The largest absolute Gasteiger partial charge is 0.481 e. The third-order valence-electron chi connectivity index (χ3n) is 2.18. The highest BCUT2D eigenvalue weighted by Gasteiger charge is 2.23. The van der Waals surface area contributed by atoms with Gasteiger partial charge in [-0.15, -0.1) is 0 Å². The molecule has 0 bridgehead atoms. The van der Waals surface area contributed by atoms with Gasteiger partial charge in [-0.3, -0.25) is 4.79 Å². The topological polar surface area (TPSA) is 74.6 Å². The molecule has 0 aliphatic heterocycles. The summed E-state index contributed by atoms with van der Waals surface area (Å²) in [5.74, 6) is -7.14. The molecule has 0 spiro atoms. The summed E-state index contributed by atoms with van der Waals surface area (Å²) < 4.78 is 26.5. The van der Waals surface area contributed by atoms with Crippen LogP contribution in [0.25, 0.3) is 0 Å². The predicted molar refractivity (Wildman–Crippen MR) is 49.4 cm³/mol. The van der Waals surface area contributed by atoms with E-state index in [2.05, 4.69) is 0 Å². The zero-order valence-corrected chi connectivity index (χ0v) is 8.20. The molecule has 0 aliphatic rings. The zero-order chi connectivity index (χ0) is 12.5. The van der Waals surface area contributed by atoms with Crippen LogP contribution in [0.3, 0.4) is 0 Å². The van der Waals surface area contributed by atoms with E-state index in [-0.39, 0.29) is 5.56 Å². The number of hydrogen-bond donors (Lipinski definition) is 2. The highest BCUT2D eigenvalue weighted by atomic mass is 19.2. The van der Waals surface area contributed by atoms with Crippen LogP contribution >= 0.6 is 0 Å². The normalized spacial score (nSPS) is 12.2. The van der Waals surface area contributed by atoms with Gasteiger partial charge in [-0.1, -0.05) is 6.07 Å². The lowest BCUT2D eigenvalue weighted by Crippen LogP contribution is -2.12. The highest BCUT2D eigenvalue weighted by molar-refractivity contribution is 5.88. The van der Waals surface area contributed by atoms with Gasteiger partial charge >= 0.3 is 11.9 Å². The van der Waals surface area contributed by atoms with Gasteiger partial charge in [0.2, 0.25) is 0 Å². The molecule has 16 heavy (non-hydrogen) atoms. The maximum Gasteiger partial charge on any atom is 0.338 e. The average Bonchev–Trinajstić information content (AvgIpc) is 2.20. The Kier molecular flexibility index (Phi) is 3.22. The third-order valence-corrected chi connectivity index (χ3v) is 2.18. The van der Waals surface area contributed by atoms with E-state index in [1.165, 1.54) is 6.92 Å². The summed E-state index contributed by atoms with van der Waals surface area (Å²) in [5.41, 5.74) is -1.20. The number of aromatic carboxylic acids is 1. The molecule has 0 saturated carbocycles. The monoisotopic (exact) mass is 230 g/mol. The fourth-order valence-corrected chi connectivity index (χ4v) is 1.20. The van der Waals surface area contributed by atoms with Gasteiger partial charge in [0.25, 0.3) is 0 Å². The Morgan fingerprint density at radius 1 is 1.19 bits per heavy atom. The average molecular weight is 230 g/mol. The molecule has 1 atom stereocenters. The van der Waals surface area contributed by atoms with Crippen molar-refractivity contribution in [2.45, 2.75) is 12.8 Å². The van der Waals surface area contributed by atoms with Gasteiger partial charge < -0.3 is 10.2 Å². The number of benzene rings is 1. The number of rotatable bonds is 3. The third kappa shape index (κ3) is 2.00.